The Labute approximate surface area is 112 Å². The van der Waals surface area contributed by atoms with E-state index in [2.05, 4.69) is 14.7 Å². The zero-order valence-corrected chi connectivity index (χ0v) is 10.5. The van der Waals surface area contributed by atoms with E-state index in [1.165, 1.54) is 19.4 Å². The number of alkyl halides is 2. The lowest BCUT2D eigenvalue weighted by Crippen LogP contribution is -2.63. The Morgan fingerprint density at radius 1 is 1.50 bits per heavy atom. The van der Waals surface area contributed by atoms with E-state index in [9.17, 15) is 13.6 Å². The lowest BCUT2D eigenvalue weighted by molar-refractivity contribution is -0.163. The highest BCUT2D eigenvalue weighted by Gasteiger charge is 2.62. The molecule has 1 aliphatic heterocycles. The van der Waals surface area contributed by atoms with Crippen molar-refractivity contribution in [1.29, 1.82) is 0 Å². The minimum absolute atomic E-state index is 0.0280. The average Bonchev–Trinajstić information content (AvgIpc) is 2.36. The number of aliphatic imine (C=N–C) groups is 1. The Balaban J connectivity index is 1.95. The maximum absolute atomic E-state index is 13.1. The molecule has 106 valence electrons. The maximum Gasteiger partial charge on any atom is 0.339 e. The number of ether oxygens (including phenoxy) is 2. The highest BCUT2D eigenvalue weighted by atomic mass is 19.3. The molecule has 0 saturated heterocycles. The topological polar surface area (TPSA) is 86.8 Å². The molecule has 2 heterocycles. The molecule has 1 spiro atoms. The highest BCUT2D eigenvalue weighted by molar-refractivity contribution is 5.96. The smallest absolute Gasteiger partial charge is 0.339 e. The second kappa shape index (κ2) is 3.87. The van der Waals surface area contributed by atoms with Crippen molar-refractivity contribution in [2.75, 3.05) is 7.11 Å². The monoisotopic (exact) mass is 283 g/mol. The second-order valence-corrected chi connectivity index (χ2v) is 4.84. The van der Waals surface area contributed by atoms with Crippen LogP contribution in [-0.4, -0.2) is 35.4 Å². The summed E-state index contributed by atoms with van der Waals surface area (Å²) in [5.74, 6) is -3.32. The normalized spacial score (nSPS) is 21.2. The fourth-order valence-electron chi connectivity index (χ4n) is 2.33. The van der Waals surface area contributed by atoms with Crippen LogP contribution in [0.3, 0.4) is 0 Å². The van der Waals surface area contributed by atoms with Crippen LogP contribution in [0.2, 0.25) is 0 Å². The molecule has 0 bridgehead atoms. The van der Waals surface area contributed by atoms with Crippen molar-refractivity contribution in [3.8, 4) is 5.88 Å². The number of aromatic nitrogens is 1. The predicted octanol–water partition coefficient (Wildman–Crippen LogP) is 1.42. The number of carbonyl (C=O) groups is 1. The number of esters is 1. The Morgan fingerprint density at radius 3 is 2.80 bits per heavy atom. The molecule has 0 amide bonds. The number of hydrogen-bond donors (Lipinski definition) is 1. The van der Waals surface area contributed by atoms with Gasteiger partial charge in [-0.05, 0) is 6.07 Å². The molecule has 20 heavy (non-hydrogen) atoms. The van der Waals surface area contributed by atoms with Crippen molar-refractivity contribution in [1.82, 2.24) is 4.98 Å². The first-order chi connectivity index (χ1) is 9.35. The highest BCUT2D eigenvalue weighted by Crippen LogP contribution is 2.51. The number of halogens is 2. The van der Waals surface area contributed by atoms with Crippen LogP contribution in [0.15, 0.2) is 17.3 Å². The quantitative estimate of drug-likeness (QED) is 0.787. The summed E-state index contributed by atoms with van der Waals surface area (Å²) in [4.78, 5) is 19.3. The van der Waals surface area contributed by atoms with Gasteiger partial charge in [0.15, 0.2) is 5.60 Å². The SMILES string of the molecule is COC(=O)c1cnc2c(c1)N=C(N)C1(CC(F)(F)C1)O2. The van der Waals surface area contributed by atoms with Crippen molar-refractivity contribution in [3.63, 3.8) is 0 Å². The summed E-state index contributed by atoms with van der Waals surface area (Å²) < 4.78 is 36.1. The molecule has 3 rings (SSSR count). The number of pyridine rings is 1. The zero-order valence-electron chi connectivity index (χ0n) is 10.5. The van der Waals surface area contributed by atoms with Gasteiger partial charge in [-0.3, -0.25) is 0 Å². The van der Waals surface area contributed by atoms with Crippen LogP contribution in [0.4, 0.5) is 14.5 Å². The number of carbonyl (C=O) groups excluding carboxylic acids is 1. The molecular formula is C12H11F2N3O3. The van der Waals surface area contributed by atoms with Gasteiger partial charge in [0.2, 0.25) is 5.88 Å². The largest absolute Gasteiger partial charge is 0.465 e. The zero-order chi connectivity index (χ0) is 14.5. The second-order valence-electron chi connectivity index (χ2n) is 4.84. The van der Waals surface area contributed by atoms with Crippen molar-refractivity contribution in [2.45, 2.75) is 24.4 Å². The summed E-state index contributed by atoms with van der Waals surface area (Å²) in [6.45, 7) is 0. The van der Waals surface area contributed by atoms with Crippen LogP contribution >= 0.6 is 0 Å². The lowest BCUT2D eigenvalue weighted by atomic mass is 9.75. The van der Waals surface area contributed by atoms with Gasteiger partial charge < -0.3 is 15.2 Å². The van der Waals surface area contributed by atoms with E-state index in [1.807, 2.05) is 0 Å². The molecule has 0 unspecified atom stereocenters. The van der Waals surface area contributed by atoms with Gasteiger partial charge in [0.1, 0.15) is 11.5 Å². The third kappa shape index (κ3) is 1.79. The summed E-state index contributed by atoms with van der Waals surface area (Å²) in [5, 5.41) is 0. The molecular weight excluding hydrogens is 272 g/mol. The first-order valence-corrected chi connectivity index (χ1v) is 5.85. The van der Waals surface area contributed by atoms with Crippen LogP contribution < -0.4 is 10.5 Å². The first-order valence-electron chi connectivity index (χ1n) is 5.85. The van der Waals surface area contributed by atoms with Gasteiger partial charge in [0.05, 0.1) is 25.5 Å². The van der Waals surface area contributed by atoms with Gasteiger partial charge in [-0.25, -0.2) is 23.6 Å². The molecule has 1 aromatic rings. The summed E-state index contributed by atoms with van der Waals surface area (Å²) in [7, 11) is 1.24. The molecule has 1 saturated carbocycles. The first kappa shape index (κ1) is 12.8. The molecule has 0 radical (unpaired) electrons. The van der Waals surface area contributed by atoms with Crippen molar-refractivity contribution >= 4 is 17.5 Å². The molecule has 2 aliphatic rings. The fourth-order valence-corrected chi connectivity index (χ4v) is 2.33. The van der Waals surface area contributed by atoms with Crippen molar-refractivity contribution in [2.24, 2.45) is 10.7 Å². The molecule has 0 aromatic carbocycles. The van der Waals surface area contributed by atoms with Crippen molar-refractivity contribution < 1.29 is 23.0 Å². The minimum Gasteiger partial charge on any atom is -0.465 e. The average molecular weight is 283 g/mol. The van der Waals surface area contributed by atoms with E-state index in [0.29, 0.717) is 0 Å². The Hall–Kier alpha value is -2.25. The molecule has 0 atom stereocenters. The molecule has 1 aromatic heterocycles. The number of amidine groups is 1. The minimum atomic E-state index is -2.80. The van der Waals surface area contributed by atoms with E-state index in [-0.39, 0.29) is 23.0 Å². The molecule has 1 aliphatic carbocycles. The summed E-state index contributed by atoms with van der Waals surface area (Å²) in [5.41, 5.74) is 4.85. The number of nitrogens with two attached hydrogens (primary N) is 1. The number of rotatable bonds is 1. The molecule has 8 heteroatoms. The van der Waals surface area contributed by atoms with Crippen LogP contribution in [-0.2, 0) is 4.74 Å². The molecule has 1 fully saturated rings. The van der Waals surface area contributed by atoms with E-state index < -0.39 is 30.3 Å². The third-order valence-electron chi connectivity index (χ3n) is 3.34. The third-order valence-corrected chi connectivity index (χ3v) is 3.34. The number of methoxy groups -OCH3 is 1. The van der Waals surface area contributed by atoms with E-state index in [1.54, 1.807) is 0 Å². The number of nitrogens with zero attached hydrogens (tertiary/aromatic N) is 2. The van der Waals surface area contributed by atoms with Crippen LogP contribution in [0, 0.1) is 0 Å². The van der Waals surface area contributed by atoms with Crippen LogP contribution in [0.25, 0.3) is 0 Å². The fraction of sp³-hybridized carbons (Fsp3) is 0.417. The van der Waals surface area contributed by atoms with Crippen LogP contribution in [0.5, 0.6) is 5.88 Å². The maximum atomic E-state index is 13.1. The van der Waals surface area contributed by atoms with Gasteiger partial charge in [-0.1, -0.05) is 0 Å². The van der Waals surface area contributed by atoms with Crippen LogP contribution in [0.1, 0.15) is 23.2 Å². The molecule has 6 nitrogen and oxygen atoms in total. The van der Waals surface area contributed by atoms with E-state index >= 15 is 0 Å². The molecule has 2 N–H and O–H groups in total. The lowest BCUT2D eigenvalue weighted by Gasteiger charge is -2.47. The Bertz CT molecular complexity index is 622. The predicted molar refractivity (Wildman–Crippen MR) is 64.4 cm³/mol. The van der Waals surface area contributed by atoms with Crippen molar-refractivity contribution in [3.05, 3.63) is 17.8 Å². The van der Waals surface area contributed by atoms with Gasteiger partial charge >= 0.3 is 5.97 Å². The van der Waals surface area contributed by atoms with Gasteiger partial charge in [0.25, 0.3) is 5.92 Å². The Kier molecular flexibility index (Phi) is 2.47. The van der Waals surface area contributed by atoms with E-state index in [0.717, 1.165) is 0 Å². The van der Waals surface area contributed by atoms with E-state index in [4.69, 9.17) is 10.5 Å². The summed E-state index contributed by atoms with van der Waals surface area (Å²) in [6, 6.07) is 1.39. The number of fused-ring (bicyclic) bond motifs is 1. The summed E-state index contributed by atoms with van der Waals surface area (Å²) >= 11 is 0. The van der Waals surface area contributed by atoms with Gasteiger partial charge in [-0.15, -0.1) is 0 Å². The van der Waals surface area contributed by atoms with Gasteiger partial charge in [-0.2, -0.15) is 0 Å². The number of hydrogen-bond acceptors (Lipinski definition) is 6. The Morgan fingerprint density at radius 2 is 2.20 bits per heavy atom. The standard InChI is InChI=1S/C12H11F2N3O3/c1-19-9(18)6-2-7-8(16-3-6)20-11(10(15)17-7)4-12(13,14)5-11/h2-3H,4-5H2,1H3,(H2,15,17). The van der Waals surface area contributed by atoms with Gasteiger partial charge in [0, 0.05) is 6.20 Å². The summed E-state index contributed by atoms with van der Waals surface area (Å²) in [6.07, 6.45) is 0.205.